The molecule has 5 nitrogen and oxygen atoms in total. The smallest absolute Gasteiger partial charge is 0.337 e. The lowest BCUT2D eigenvalue weighted by Crippen LogP contribution is -2.01. The number of carboxylic acids is 1. The number of aromatic nitrogens is 3. The van der Waals surface area contributed by atoms with Crippen LogP contribution in [0.4, 0.5) is 0 Å². The Balaban J connectivity index is 2.54. The average molecular weight is 223 g/mol. The van der Waals surface area contributed by atoms with Crippen LogP contribution in [0.15, 0.2) is 17.1 Å². The molecule has 1 N–H and O–H groups in total. The molecule has 0 spiro atoms. The SMILES string of the molecule is CCn1cnnc1-c1cscc1C(=O)O. The zero-order valence-corrected chi connectivity index (χ0v) is 8.86. The van der Waals surface area contributed by atoms with Gasteiger partial charge in [-0.05, 0) is 6.92 Å². The third-order valence-electron chi connectivity index (χ3n) is 2.09. The van der Waals surface area contributed by atoms with Gasteiger partial charge in [0, 0.05) is 22.9 Å². The van der Waals surface area contributed by atoms with Crippen LogP contribution < -0.4 is 0 Å². The molecule has 78 valence electrons. The number of aromatic carboxylic acids is 1. The van der Waals surface area contributed by atoms with E-state index < -0.39 is 5.97 Å². The predicted octanol–water partition coefficient (Wildman–Crippen LogP) is 1.72. The second-order valence-corrected chi connectivity index (χ2v) is 3.69. The molecule has 0 bridgehead atoms. The minimum absolute atomic E-state index is 0.280. The minimum Gasteiger partial charge on any atom is -0.478 e. The van der Waals surface area contributed by atoms with Gasteiger partial charge in [0.05, 0.1) is 5.56 Å². The highest BCUT2D eigenvalue weighted by Gasteiger charge is 2.16. The summed E-state index contributed by atoms with van der Waals surface area (Å²) in [4.78, 5) is 10.9. The van der Waals surface area contributed by atoms with Gasteiger partial charge in [-0.2, -0.15) is 11.3 Å². The average Bonchev–Trinajstić information content (AvgIpc) is 2.85. The van der Waals surface area contributed by atoms with Crippen LogP contribution in [0.1, 0.15) is 17.3 Å². The second-order valence-electron chi connectivity index (χ2n) is 2.94. The summed E-state index contributed by atoms with van der Waals surface area (Å²) in [5, 5.41) is 20.0. The van der Waals surface area contributed by atoms with E-state index in [2.05, 4.69) is 10.2 Å². The molecule has 0 unspecified atom stereocenters. The van der Waals surface area contributed by atoms with Gasteiger partial charge in [-0.1, -0.05) is 0 Å². The first-order chi connectivity index (χ1) is 7.24. The summed E-state index contributed by atoms with van der Waals surface area (Å²) in [5.41, 5.74) is 0.912. The largest absolute Gasteiger partial charge is 0.478 e. The van der Waals surface area contributed by atoms with Crippen LogP contribution in [-0.4, -0.2) is 25.8 Å². The van der Waals surface area contributed by atoms with E-state index in [0.717, 1.165) is 6.54 Å². The van der Waals surface area contributed by atoms with Crippen LogP contribution in [0.3, 0.4) is 0 Å². The van der Waals surface area contributed by atoms with E-state index >= 15 is 0 Å². The molecule has 0 atom stereocenters. The molecule has 0 aromatic carbocycles. The summed E-state index contributed by atoms with van der Waals surface area (Å²) >= 11 is 1.35. The molecule has 0 aliphatic rings. The monoisotopic (exact) mass is 223 g/mol. The van der Waals surface area contributed by atoms with Gasteiger partial charge in [0.15, 0.2) is 5.82 Å². The van der Waals surface area contributed by atoms with Crippen molar-refractivity contribution in [3.05, 3.63) is 22.7 Å². The predicted molar refractivity (Wildman–Crippen MR) is 56.0 cm³/mol. The van der Waals surface area contributed by atoms with Crippen LogP contribution in [0, 0.1) is 0 Å². The standard InChI is InChI=1S/C9H9N3O2S/c1-2-12-5-10-11-8(12)6-3-15-4-7(6)9(13)14/h3-5H,2H2,1H3,(H,13,14). The van der Waals surface area contributed by atoms with E-state index in [9.17, 15) is 4.79 Å². The van der Waals surface area contributed by atoms with Crippen LogP contribution in [0.5, 0.6) is 0 Å². The van der Waals surface area contributed by atoms with Crippen LogP contribution >= 0.6 is 11.3 Å². The van der Waals surface area contributed by atoms with Crippen LogP contribution in [0.2, 0.25) is 0 Å². The second kappa shape index (κ2) is 3.82. The highest BCUT2D eigenvalue weighted by atomic mass is 32.1. The van der Waals surface area contributed by atoms with E-state index in [1.807, 2.05) is 11.5 Å². The Labute approximate surface area is 90.0 Å². The topological polar surface area (TPSA) is 68.0 Å². The molecule has 0 saturated carbocycles. The Hall–Kier alpha value is -1.69. The van der Waals surface area contributed by atoms with Gasteiger partial charge in [-0.25, -0.2) is 4.79 Å². The number of aryl methyl sites for hydroxylation is 1. The maximum atomic E-state index is 10.9. The van der Waals surface area contributed by atoms with Gasteiger partial charge in [0.1, 0.15) is 6.33 Å². The van der Waals surface area contributed by atoms with Crippen molar-refractivity contribution in [1.29, 1.82) is 0 Å². The lowest BCUT2D eigenvalue weighted by atomic mass is 10.2. The van der Waals surface area contributed by atoms with Crippen molar-refractivity contribution in [1.82, 2.24) is 14.8 Å². The molecule has 0 fully saturated rings. The lowest BCUT2D eigenvalue weighted by Gasteiger charge is -2.01. The van der Waals surface area contributed by atoms with E-state index in [1.165, 1.54) is 11.3 Å². The molecular formula is C9H9N3O2S. The van der Waals surface area contributed by atoms with Crippen molar-refractivity contribution in [2.45, 2.75) is 13.5 Å². The molecule has 0 aliphatic heterocycles. The molecule has 0 aliphatic carbocycles. The number of thiophene rings is 1. The summed E-state index contributed by atoms with van der Waals surface area (Å²) in [6.07, 6.45) is 1.60. The van der Waals surface area contributed by atoms with Gasteiger partial charge in [-0.15, -0.1) is 10.2 Å². The van der Waals surface area contributed by atoms with Crippen molar-refractivity contribution < 1.29 is 9.90 Å². The minimum atomic E-state index is -0.933. The molecule has 2 heterocycles. The first-order valence-corrected chi connectivity index (χ1v) is 5.36. The Morgan fingerprint density at radius 2 is 2.40 bits per heavy atom. The van der Waals surface area contributed by atoms with Gasteiger partial charge < -0.3 is 9.67 Å². The summed E-state index contributed by atoms with van der Waals surface area (Å²) < 4.78 is 1.81. The first-order valence-electron chi connectivity index (χ1n) is 4.41. The number of carboxylic acid groups (broad SMARTS) is 1. The number of hydrogen-bond donors (Lipinski definition) is 1. The number of hydrogen-bond acceptors (Lipinski definition) is 4. The summed E-state index contributed by atoms with van der Waals surface area (Å²) in [6, 6.07) is 0. The van der Waals surface area contributed by atoms with Crippen LogP contribution in [-0.2, 0) is 6.54 Å². The maximum absolute atomic E-state index is 10.9. The van der Waals surface area contributed by atoms with Gasteiger partial charge in [0.25, 0.3) is 0 Å². The number of nitrogens with zero attached hydrogens (tertiary/aromatic N) is 3. The lowest BCUT2D eigenvalue weighted by molar-refractivity contribution is 0.0698. The van der Waals surface area contributed by atoms with Crippen LogP contribution in [0.25, 0.3) is 11.4 Å². The third kappa shape index (κ3) is 1.63. The Bertz CT molecular complexity index is 489. The fourth-order valence-corrected chi connectivity index (χ4v) is 2.13. The summed E-state index contributed by atoms with van der Waals surface area (Å²) in [6.45, 7) is 2.68. The molecule has 0 radical (unpaired) electrons. The van der Waals surface area contributed by atoms with E-state index in [1.54, 1.807) is 17.1 Å². The zero-order valence-electron chi connectivity index (χ0n) is 8.04. The molecule has 2 aromatic heterocycles. The molecule has 2 rings (SSSR count). The number of rotatable bonds is 3. The van der Waals surface area contributed by atoms with E-state index in [4.69, 9.17) is 5.11 Å². The third-order valence-corrected chi connectivity index (χ3v) is 2.83. The highest BCUT2D eigenvalue weighted by Crippen LogP contribution is 2.25. The molecule has 2 aromatic rings. The molecule has 15 heavy (non-hydrogen) atoms. The van der Waals surface area contributed by atoms with Gasteiger partial charge in [-0.3, -0.25) is 0 Å². The van der Waals surface area contributed by atoms with Crippen molar-refractivity contribution in [3.8, 4) is 11.4 Å². The Kier molecular flexibility index (Phi) is 2.51. The van der Waals surface area contributed by atoms with Crippen molar-refractivity contribution >= 4 is 17.3 Å². The van der Waals surface area contributed by atoms with E-state index in [-0.39, 0.29) is 5.56 Å². The molecule has 0 amide bonds. The fraction of sp³-hybridized carbons (Fsp3) is 0.222. The summed E-state index contributed by atoms with van der Waals surface area (Å²) in [5.74, 6) is -0.326. The highest BCUT2D eigenvalue weighted by molar-refractivity contribution is 7.08. The molecule has 6 heteroatoms. The Morgan fingerprint density at radius 1 is 1.60 bits per heavy atom. The van der Waals surface area contributed by atoms with Gasteiger partial charge in [0.2, 0.25) is 0 Å². The summed E-state index contributed by atoms with van der Waals surface area (Å²) in [7, 11) is 0. The zero-order chi connectivity index (χ0) is 10.8. The van der Waals surface area contributed by atoms with Gasteiger partial charge >= 0.3 is 5.97 Å². The van der Waals surface area contributed by atoms with Crippen molar-refractivity contribution in [3.63, 3.8) is 0 Å². The van der Waals surface area contributed by atoms with E-state index in [0.29, 0.717) is 11.4 Å². The quantitative estimate of drug-likeness (QED) is 0.860. The van der Waals surface area contributed by atoms with Crippen molar-refractivity contribution in [2.75, 3.05) is 0 Å². The Morgan fingerprint density at radius 3 is 3.07 bits per heavy atom. The maximum Gasteiger partial charge on any atom is 0.337 e. The molecule has 0 saturated heterocycles. The molecular weight excluding hydrogens is 214 g/mol. The fourth-order valence-electron chi connectivity index (χ4n) is 1.33. The normalized spacial score (nSPS) is 10.5. The first kappa shape index (κ1) is 9.85. The number of carbonyl (C=O) groups is 1. The van der Waals surface area contributed by atoms with Crippen molar-refractivity contribution in [2.24, 2.45) is 0 Å².